The Balaban J connectivity index is 1.98. The van der Waals surface area contributed by atoms with E-state index in [1.807, 2.05) is 6.07 Å². The number of hydrogen-bond acceptors (Lipinski definition) is 3. The van der Waals surface area contributed by atoms with Crippen LogP contribution in [0.4, 0.5) is 0 Å². The summed E-state index contributed by atoms with van der Waals surface area (Å²) < 4.78 is 1.01. The molecule has 1 heterocycles. The largest absolute Gasteiger partial charge is 0.508 e. The Hall–Kier alpha value is -1.07. The SMILES string of the molecule is CC(=O)N[C@@H]1CCCN(Cc2cc(O)ccc2Br)C1. The van der Waals surface area contributed by atoms with Crippen molar-refractivity contribution in [3.8, 4) is 5.75 Å². The lowest BCUT2D eigenvalue weighted by Crippen LogP contribution is -2.46. The Labute approximate surface area is 121 Å². The number of phenolic OH excluding ortho intramolecular Hbond substituents is 1. The second kappa shape index (κ2) is 6.39. The summed E-state index contributed by atoms with van der Waals surface area (Å²) in [6.45, 7) is 4.23. The zero-order valence-corrected chi connectivity index (χ0v) is 12.6. The lowest BCUT2D eigenvalue weighted by atomic mass is 10.0. The Morgan fingerprint density at radius 3 is 3.11 bits per heavy atom. The number of aromatic hydroxyl groups is 1. The van der Waals surface area contributed by atoms with Crippen LogP contribution in [0.2, 0.25) is 0 Å². The van der Waals surface area contributed by atoms with Gasteiger partial charge in [0.25, 0.3) is 0 Å². The van der Waals surface area contributed by atoms with Gasteiger partial charge in [-0.05, 0) is 43.1 Å². The Morgan fingerprint density at radius 2 is 2.37 bits per heavy atom. The van der Waals surface area contributed by atoms with Crippen LogP contribution in [0.5, 0.6) is 5.75 Å². The van der Waals surface area contributed by atoms with Gasteiger partial charge in [-0.3, -0.25) is 9.69 Å². The number of phenols is 1. The predicted octanol–water partition coefficient (Wildman–Crippen LogP) is 2.26. The molecule has 19 heavy (non-hydrogen) atoms. The highest BCUT2D eigenvalue weighted by atomic mass is 79.9. The summed E-state index contributed by atoms with van der Waals surface area (Å²) in [6.07, 6.45) is 2.12. The fourth-order valence-corrected chi connectivity index (χ4v) is 2.90. The number of amides is 1. The molecule has 0 spiro atoms. The molecule has 1 aliphatic rings. The van der Waals surface area contributed by atoms with Crippen LogP contribution in [-0.4, -0.2) is 35.0 Å². The number of piperidine rings is 1. The first-order chi connectivity index (χ1) is 9.04. The molecule has 1 amide bonds. The zero-order valence-electron chi connectivity index (χ0n) is 11.0. The van der Waals surface area contributed by atoms with Gasteiger partial charge in [0.1, 0.15) is 5.75 Å². The second-order valence-corrected chi connectivity index (χ2v) is 5.90. The number of nitrogens with zero attached hydrogens (tertiary/aromatic N) is 1. The highest BCUT2D eigenvalue weighted by Gasteiger charge is 2.21. The lowest BCUT2D eigenvalue weighted by Gasteiger charge is -2.33. The fraction of sp³-hybridized carbons (Fsp3) is 0.500. The van der Waals surface area contributed by atoms with Gasteiger partial charge in [-0.15, -0.1) is 0 Å². The standard InChI is InChI=1S/C14H19BrN2O2/c1-10(18)16-12-3-2-6-17(9-12)8-11-7-13(19)4-5-14(11)15/h4-5,7,12,19H,2-3,6,8-9H2,1H3,(H,16,18)/t12-/m1/s1. The highest BCUT2D eigenvalue weighted by molar-refractivity contribution is 9.10. The van der Waals surface area contributed by atoms with Crippen LogP contribution in [-0.2, 0) is 11.3 Å². The highest BCUT2D eigenvalue weighted by Crippen LogP contribution is 2.24. The van der Waals surface area contributed by atoms with Gasteiger partial charge in [0.2, 0.25) is 5.91 Å². The number of carbonyl (C=O) groups is 1. The van der Waals surface area contributed by atoms with E-state index in [1.54, 1.807) is 19.1 Å². The molecule has 2 rings (SSSR count). The molecule has 104 valence electrons. The fourth-order valence-electron chi connectivity index (χ4n) is 2.53. The van der Waals surface area contributed by atoms with Gasteiger partial charge in [0, 0.05) is 30.5 Å². The molecule has 1 atom stereocenters. The zero-order chi connectivity index (χ0) is 13.8. The summed E-state index contributed by atoms with van der Waals surface area (Å²) in [5.74, 6) is 0.319. The van der Waals surface area contributed by atoms with E-state index in [2.05, 4.69) is 26.1 Å². The Kier molecular flexibility index (Phi) is 4.82. The summed E-state index contributed by atoms with van der Waals surface area (Å²) in [4.78, 5) is 13.4. The van der Waals surface area contributed by atoms with Crippen molar-refractivity contribution in [1.82, 2.24) is 10.2 Å². The molecule has 1 saturated heterocycles. The molecule has 0 aliphatic carbocycles. The quantitative estimate of drug-likeness (QED) is 0.895. The Bertz CT molecular complexity index is 465. The predicted molar refractivity (Wildman–Crippen MR) is 77.9 cm³/mol. The molecule has 0 unspecified atom stereocenters. The van der Waals surface area contributed by atoms with Gasteiger partial charge >= 0.3 is 0 Å². The molecule has 1 aliphatic heterocycles. The maximum atomic E-state index is 11.1. The number of likely N-dealkylation sites (tertiary alicyclic amines) is 1. The molecule has 0 aromatic heterocycles. The van der Waals surface area contributed by atoms with E-state index >= 15 is 0 Å². The summed E-state index contributed by atoms with van der Waals surface area (Å²) >= 11 is 3.51. The van der Waals surface area contributed by atoms with Crippen LogP contribution in [0.25, 0.3) is 0 Å². The van der Waals surface area contributed by atoms with Gasteiger partial charge in [0.05, 0.1) is 0 Å². The molecule has 0 saturated carbocycles. The summed E-state index contributed by atoms with van der Waals surface area (Å²) in [6, 6.07) is 5.55. The average Bonchev–Trinajstić information content (AvgIpc) is 2.33. The molecule has 1 fully saturated rings. The first-order valence-electron chi connectivity index (χ1n) is 6.51. The van der Waals surface area contributed by atoms with Crippen molar-refractivity contribution >= 4 is 21.8 Å². The van der Waals surface area contributed by atoms with Crippen LogP contribution in [0.1, 0.15) is 25.3 Å². The molecule has 2 N–H and O–H groups in total. The minimum atomic E-state index is 0.0328. The molecule has 5 heteroatoms. The molecule has 0 bridgehead atoms. The normalized spacial score (nSPS) is 20.2. The number of nitrogens with one attached hydrogen (secondary N) is 1. The van der Waals surface area contributed by atoms with Crippen molar-refractivity contribution in [2.45, 2.75) is 32.4 Å². The van der Waals surface area contributed by atoms with Gasteiger partial charge in [-0.25, -0.2) is 0 Å². The molecule has 1 aromatic rings. The molecule has 4 nitrogen and oxygen atoms in total. The van der Waals surface area contributed by atoms with Crippen molar-refractivity contribution in [2.75, 3.05) is 13.1 Å². The van der Waals surface area contributed by atoms with Crippen molar-refractivity contribution in [3.05, 3.63) is 28.2 Å². The second-order valence-electron chi connectivity index (χ2n) is 5.05. The Morgan fingerprint density at radius 1 is 1.58 bits per heavy atom. The number of hydrogen-bond donors (Lipinski definition) is 2. The van der Waals surface area contributed by atoms with E-state index in [4.69, 9.17) is 0 Å². The minimum Gasteiger partial charge on any atom is -0.508 e. The van der Waals surface area contributed by atoms with E-state index in [-0.39, 0.29) is 17.7 Å². The van der Waals surface area contributed by atoms with Crippen molar-refractivity contribution < 1.29 is 9.90 Å². The van der Waals surface area contributed by atoms with Gasteiger partial charge in [-0.2, -0.15) is 0 Å². The number of carbonyl (C=O) groups excluding carboxylic acids is 1. The topological polar surface area (TPSA) is 52.6 Å². The van der Waals surface area contributed by atoms with Crippen LogP contribution in [0.15, 0.2) is 22.7 Å². The molecular weight excluding hydrogens is 308 g/mol. The van der Waals surface area contributed by atoms with Gasteiger partial charge < -0.3 is 10.4 Å². The third-order valence-electron chi connectivity index (χ3n) is 3.34. The number of halogens is 1. The summed E-state index contributed by atoms with van der Waals surface area (Å²) in [5, 5.41) is 12.5. The minimum absolute atomic E-state index is 0.0328. The van der Waals surface area contributed by atoms with Crippen molar-refractivity contribution in [2.24, 2.45) is 0 Å². The smallest absolute Gasteiger partial charge is 0.217 e. The number of rotatable bonds is 3. The first kappa shape index (κ1) is 14.3. The van der Waals surface area contributed by atoms with E-state index in [0.717, 1.165) is 42.5 Å². The van der Waals surface area contributed by atoms with Crippen molar-refractivity contribution in [1.29, 1.82) is 0 Å². The first-order valence-corrected chi connectivity index (χ1v) is 7.31. The monoisotopic (exact) mass is 326 g/mol. The number of benzene rings is 1. The van der Waals surface area contributed by atoms with Gasteiger partial charge in [0.15, 0.2) is 0 Å². The van der Waals surface area contributed by atoms with Crippen LogP contribution >= 0.6 is 15.9 Å². The summed E-state index contributed by atoms with van der Waals surface area (Å²) in [7, 11) is 0. The third kappa shape index (κ3) is 4.21. The van der Waals surface area contributed by atoms with E-state index < -0.39 is 0 Å². The van der Waals surface area contributed by atoms with E-state index in [1.165, 1.54) is 0 Å². The van der Waals surface area contributed by atoms with E-state index in [9.17, 15) is 9.90 Å². The lowest BCUT2D eigenvalue weighted by molar-refractivity contribution is -0.120. The van der Waals surface area contributed by atoms with Crippen molar-refractivity contribution in [3.63, 3.8) is 0 Å². The molecule has 1 aromatic carbocycles. The molecule has 0 radical (unpaired) electrons. The van der Waals surface area contributed by atoms with Crippen LogP contribution in [0.3, 0.4) is 0 Å². The maximum Gasteiger partial charge on any atom is 0.217 e. The molecular formula is C14H19BrN2O2. The van der Waals surface area contributed by atoms with Crippen LogP contribution in [0, 0.1) is 0 Å². The van der Waals surface area contributed by atoms with E-state index in [0.29, 0.717) is 0 Å². The van der Waals surface area contributed by atoms with Gasteiger partial charge in [-0.1, -0.05) is 15.9 Å². The summed E-state index contributed by atoms with van der Waals surface area (Å²) in [5.41, 5.74) is 1.07. The third-order valence-corrected chi connectivity index (χ3v) is 4.11. The maximum absolute atomic E-state index is 11.1. The van der Waals surface area contributed by atoms with Crippen LogP contribution < -0.4 is 5.32 Å². The average molecular weight is 327 g/mol.